The Morgan fingerprint density at radius 1 is 1.37 bits per heavy atom. The Kier molecular flexibility index (Phi) is 4.05. The molecule has 1 aliphatic rings. The van der Waals surface area contributed by atoms with Crippen LogP contribution in [0.25, 0.3) is 6.08 Å². The normalized spacial score (nSPS) is 17.9. The van der Waals surface area contributed by atoms with Crippen molar-refractivity contribution in [1.29, 1.82) is 0 Å². The first-order chi connectivity index (χ1) is 9.06. The highest BCUT2D eigenvalue weighted by atomic mass is 16.5. The molecule has 0 saturated heterocycles. The summed E-state index contributed by atoms with van der Waals surface area (Å²) in [5, 5.41) is 2.82. The van der Waals surface area contributed by atoms with E-state index in [1.165, 1.54) is 0 Å². The molecule has 0 aromatic heterocycles. The molecule has 0 fully saturated rings. The Hall–Kier alpha value is -2.03. The van der Waals surface area contributed by atoms with Gasteiger partial charge in [-0.05, 0) is 44.6 Å². The Bertz CT molecular complexity index is 529. The number of amides is 1. The monoisotopic (exact) mass is 257 g/mol. The van der Waals surface area contributed by atoms with E-state index in [-0.39, 0.29) is 18.1 Å². The SMILES string of the molecule is CC(C)NC(=O)C=CC1=Cc2ccccc2OC1C. The van der Waals surface area contributed by atoms with Crippen LogP contribution in [-0.4, -0.2) is 18.1 Å². The van der Waals surface area contributed by atoms with E-state index in [0.717, 1.165) is 16.9 Å². The fourth-order valence-electron chi connectivity index (χ4n) is 1.95. The smallest absolute Gasteiger partial charge is 0.244 e. The summed E-state index contributed by atoms with van der Waals surface area (Å²) in [4.78, 5) is 11.6. The van der Waals surface area contributed by atoms with Gasteiger partial charge in [0.1, 0.15) is 11.9 Å². The number of hydrogen-bond acceptors (Lipinski definition) is 2. The van der Waals surface area contributed by atoms with Crippen LogP contribution in [0.3, 0.4) is 0 Å². The summed E-state index contributed by atoms with van der Waals surface area (Å²) >= 11 is 0. The molecule has 0 radical (unpaired) electrons. The molecule has 1 heterocycles. The Morgan fingerprint density at radius 2 is 2.11 bits per heavy atom. The van der Waals surface area contributed by atoms with E-state index in [4.69, 9.17) is 4.74 Å². The van der Waals surface area contributed by atoms with Crippen molar-refractivity contribution in [2.45, 2.75) is 32.9 Å². The zero-order valence-corrected chi connectivity index (χ0v) is 11.5. The zero-order valence-electron chi connectivity index (χ0n) is 11.5. The van der Waals surface area contributed by atoms with Crippen LogP contribution in [0.2, 0.25) is 0 Å². The lowest BCUT2D eigenvalue weighted by molar-refractivity contribution is -0.116. The second kappa shape index (κ2) is 5.74. The van der Waals surface area contributed by atoms with Crippen molar-refractivity contribution in [3.63, 3.8) is 0 Å². The van der Waals surface area contributed by atoms with Gasteiger partial charge in [-0.25, -0.2) is 0 Å². The third kappa shape index (κ3) is 3.47. The van der Waals surface area contributed by atoms with Crippen LogP contribution in [0, 0.1) is 0 Å². The predicted molar refractivity (Wildman–Crippen MR) is 76.9 cm³/mol. The van der Waals surface area contributed by atoms with E-state index < -0.39 is 0 Å². The number of carbonyl (C=O) groups excluding carboxylic acids is 1. The van der Waals surface area contributed by atoms with E-state index in [9.17, 15) is 4.79 Å². The number of fused-ring (bicyclic) bond motifs is 1. The molecule has 0 bridgehead atoms. The van der Waals surface area contributed by atoms with E-state index in [0.29, 0.717) is 0 Å². The van der Waals surface area contributed by atoms with Crippen LogP contribution in [0.5, 0.6) is 5.75 Å². The molecule has 100 valence electrons. The van der Waals surface area contributed by atoms with Crippen LogP contribution < -0.4 is 10.1 Å². The highest BCUT2D eigenvalue weighted by Gasteiger charge is 2.16. The van der Waals surface area contributed by atoms with Crippen molar-refractivity contribution in [3.8, 4) is 5.75 Å². The maximum absolute atomic E-state index is 11.6. The lowest BCUT2D eigenvalue weighted by atomic mass is 10.0. The van der Waals surface area contributed by atoms with Crippen molar-refractivity contribution >= 4 is 12.0 Å². The lowest BCUT2D eigenvalue weighted by Crippen LogP contribution is -2.28. The average molecular weight is 257 g/mol. The van der Waals surface area contributed by atoms with Gasteiger partial charge in [-0.2, -0.15) is 0 Å². The first-order valence-corrected chi connectivity index (χ1v) is 6.52. The maximum Gasteiger partial charge on any atom is 0.244 e. The van der Waals surface area contributed by atoms with Crippen LogP contribution in [0.15, 0.2) is 42.0 Å². The topological polar surface area (TPSA) is 38.3 Å². The summed E-state index contributed by atoms with van der Waals surface area (Å²) in [6.07, 6.45) is 5.39. The third-order valence-electron chi connectivity index (χ3n) is 2.87. The van der Waals surface area contributed by atoms with Gasteiger partial charge in [-0.15, -0.1) is 0 Å². The summed E-state index contributed by atoms with van der Waals surface area (Å²) in [6, 6.07) is 8.03. The van der Waals surface area contributed by atoms with Crippen molar-refractivity contribution in [3.05, 3.63) is 47.6 Å². The first-order valence-electron chi connectivity index (χ1n) is 6.52. The van der Waals surface area contributed by atoms with Gasteiger partial charge in [0.25, 0.3) is 0 Å². The number of ether oxygens (including phenoxy) is 1. The Labute approximate surface area is 114 Å². The molecule has 1 unspecified atom stereocenters. The number of hydrogen-bond donors (Lipinski definition) is 1. The summed E-state index contributed by atoms with van der Waals surface area (Å²) in [6.45, 7) is 5.85. The molecule has 2 rings (SSSR count). The van der Waals surface area contributed by atoms with Crippen LogP contribution >= 0.6 is 0 Å². The van der Waals surface area contributed by atoms with Gasteiger partial charge in [-0.3, -0.25) is 4.79 Å². The minimum absolute atomic E-state index is 0.0435. The highest BCUT2D eigenvalue weighted by molar-refractivity contribution is 5.88. The summed E-state index contributed by atoms with van der Waals surface area (Å²) in [5.74, 6) is 0.806. The molecule has 0 spiro atoms. The van der Waals surface area contributed by atoms with Crippen molar-refractivity contribution in [2.24, 2.45) is 0 Å². The van der Waals surface area contributed by atoms with Gasteiger partial charge in [0.05, 0.1) is 0 Å². The van der Waals surface area contributed by atoms with E-state index >= 15 is 0 Å². The van der Waals surface area contributed by atoms with Gasteiger partial charge in [-0.1, -0.05) is 18.2 Å². The molecular weight excluding hydrogens is 238 g/mol. The number of carbonyl (C=O) groups is 1. The molecule has 0 aliphatic carbocycles. The second-order valence-electron chi connectivity index (χ2n) is 4.94. The lowest BCUT2D eigenvalue weighted by Gasteiger charge is -2.22. The van der Waals surface area contributed by atoms with E-state index in [1.807, 2.05) is 51.1 Å². The highest BCUT2D eigenvalue weighted by Crippen LogP contribution is 2.29. The molecule has 1 aromatic carbocycles. The molecule has 3 heteroatoms. The van der Waals surface area contributed by atoms with Gasteiger partial charge in [0.15, 0.2) is 0 Å². The van der Waals surface area contributed by atoms with E-state index in [1.54, 1.807) is 6.08 Å². The number of rotatable bonds is 3. The fourth-order valence-corrected chi connectivity index (χ4v) is 1.95. The standard InChI is InChI=1S/C16H19NO2/c1-11(2)17-16(18)9-8-13-10-14-6-4-5-7-15(14)19-12(13)3/h4-12H,1-3H3,(H,17,18). The quantitative estimate of drug-likeness (QED) is 0.845. The van der Waals surface area contributed by atoms with Gasteiger partial charge >= 0.3 is 0 Å². The molecule has 1 N–H and O–H groups in total. The zero-order chi connectivity index (χ0) is 13.8. The van der Waals surface area contributed by atoms with Gasteiger partial charge in [0.2, 0.25) is 5.91 Å². The fraction of sp³-hybridized carbons (Fsp3) is 0.312. The molecule has 19 heavy (non-hydrogen) atoms. The summed E-state index contributed by atoms with van der Waals surface area (Å²) in [5.41, 5.74) is 2.04. The van der Waals surface area contributed by atoms with Crippen molar-refractivity contribution in [2.75, 3.05) is 0 Å². The second-order valence-corrected chi connectivity index (χ2v) is 4.94. The van der Waals surface area contributed by atoms with Gasteiger partial charge < -0.3 is 10.1 Å². The Morgan fingerprint density at radius 3 is 2.84 bits per heavy atom. The molecule has 1 amide bonds. The molecule has 1 atom stereocenters. The Balaban J connectivity index is 2.15. The minimum atomic E-state index is -0.0815. The minimum Gasteiger partial charge on any atom is -0.485 e. The molecule has 1 aromatic rings. The molecule has 1 aliphatic heterocycles. The van der Waals surface area contributed by atoms with Crippen LogP contribution in [-0.2, 0) is 4.79 Å². The molecule has 0 saturated carbocycles. The number of para-hydroxylation sites is 1. The van der Waals surface area contributed by atoms with E-state index in [2.05, 4.69) is 11.4 Å². The summed E-state index contributed by atoms with van der Waals surface area (Å²) < 4.78 is 5.81. The van der Waals surface area contributed by atoms with Crippen molar-refractivity contribution in [1.82, 2.24) is 5.32 Å². The van der Waals surface area contributed by atoms with Gasteiger partial charge in [0, 0.05) is 17.7 Å². The average Bonchev–Trinajstić information content (AvgIpc) is 2.35. The predicted octanol–water partition coefficient (Wildman–Crippen LogP) is 2.93. The van der Waals surface area contributed by atoms with Crippen LogP contribution in [0.4, 0.5) is 0 Å². The van der Waals surface area contributed by atoms with Crippen LogP contribution in [0.1, 0.15) is 26.3 Å². The maximum atomic E-state index is 11.6. The molecular formula is C16H19NO2. The van der Waals surface area contributed by atoms with Crippen molar-refractivity contribution < 1.29 is 9.53 Å². The first kappa shape index (κ1) is 13.4. The molecule has 3 nitrogen and oxygen atoms in total. The number of nitrogens with one attached hydrogen (secondary N) is 1. The summed E-state index contributed by atoms with van der Waals surface area (Å²) in [7, 11) is 0. The largest absolute Gasteiger partial charge is 0.485 e. The number of benzene rings is 1. The third-order valence-corrected chi connectivity index (χ3v) is 2.87.